The zero-order valence-corrected chi connectivity index (χ0v) is 9.49. The Labute approximate surface area is 94.3 Å². The summed E-state index contributed by atoms with van der Waals surface area (Å²) in [6, 6.07) is 1.81. The Morgan fingerprint density at radius 1 is 1.62 bits per heavy atom. The highest BCUT2D eigenvalue weighted by molar-refractivity contribution is 6.11. The number of carbonyl (C=O) groups is 1. The third-order valence-corrected chi connectivity index (χ3v) is 2.08. The van der Waals surface area contributed by atoms with Gasteiger partial charge in [0.2, 0.25) is 0 Å². The third-order valence-electron chi connectivity index (χ3n) is 2.08. The van der Waals surface area contributed by atoms with Gasteiger partial charge in [-0.05, 0) is 19.7 Å². The molecule has 0 fully saturated rings. The summed E-state index contributed by atoms with van der Waals surface area (Å²) in [4.78, 5) is 22.1. The molecular weight excluding hydrogens is 206 g/mol. The van der Waals surface area contributed by atoms with Crippen molar-refractivity contribution in [3.8, 4) is 0 Å². The predicted molar refractivity (Wildman–Crippen MR) is 63.7 cm³/mol. The first-order valence-electron chi connectivity index (χ1n) is 4.98. The Balaban J connectivity index is 2.84. The molecule has 86 valence electrons. The molecule has 1 heterocycles. The lowest BCUT2D eigenvalue weighted by Gasteiger charge is -2.04. The normalized spacial score (nSPS) is 11.2. The van der Waals surface area contributed by atoms with E-state index < -0.39 is 0 Å². The van der Waals surface area contributed by atoms with Gasteiger partial charge < -0.3 is 9.72 Å². The van der Waals surface area contributed by atoms with Gasteiger partial charge in [-0.2, -0.15) is 0 Å². The Bertz CT molecular complexity index is 407. The van der Waals surface area contributed by atoms with E-state index in [0.29, 0.717) is 18.1 Å². The molecule has 0 atom stereocenters. The van der Waals surface area contributed by atoms with Gasteiger partial charge in [0.1, 0.15) is 5.82 Å². The first kappa shape index (κ1) is 12.2. The number of aliphatic imine (C=N–C) groups is 2. The van der Waals surface area contributed by atoms with Crippen molar-refractivity contribution < 1.29 is 9.53 Å². The van der Waals surface area contributed by atoms with Crippen molar-refractivity contribution in [1.29, 1.82) is 0 Å². The molecule has 16 heavy (non-hydrogen) atoms. The fourth-order valence-electron chi connectivity index (χ4n) is 1.37. The zero-order valence-electron chi connectivity index (χ0n) is 9.49. The lowest BCUT2D eigenvalue weighted by Crippen LogP contribution is -2.12. The quantitative estimate of drug-likeness (QED) is 0.607. The van der Waals surface area contributed by atoms with E-state index in [0.717, 1.165) is 5.56 Å². The van der Waals surface area contributed by atoms with E-state index in [1.807, 2.05) is 6.07 Å². The number of carbonyl (C=O) groups excluding carboxylic acids is 1. The molecule has 0 saturated carbocycles. The Morgan fingerprint density at radius 3 is 2.94 bits per heavy atom. The molecule has 5 heteroatoms. The SMILES string of the molecule is C=Nc1[nH]ccc1/C(CC(=O)OCC)=N\C. The van der Waals surface area contributed by atoms with E-state index in [2.05, 4.69) is 21.7 Å². The molecule has 1 rings (SSSR count). The van der Waals surface area contributed by atoms with E-state index >= 15 is 0 Å². The second kappa shape index (κ2) is 5.85. The Morgan fingerprint density at radius 2 is 2.38 bits per heavy atom. The van der Waals surface area contributed by atoms with Crippen LogP contribution in [0, 0.1) is 0 Å². The van der Waals surface area contributed by atoms with E-state index in [-0.39, 0.29) is 12.4 Å². The molecule has 0 bridgehead atoms. The van der Waals surface area contributed by atoms with Crippen molar-refractivity contribution in [2.45, 2.75) is 13.3 Å². The third kappa shape index (κ3) is 2.79. The maximum atomic E-state index is 11.3. The van der Waals surface area contributed by atoms with Crippen LogP contribution >= 0.6 is 0 Å². The number of rotatable bonds is 5. The first-order chi connectivity index (χ1) is 7.72. The van der Waals surface area contributed by atoms with Crippen LogP contribution in [0.4, 0.5) is 5.82 Å². The number of nitrogens with one attached hydrogen (secondary N) is 1. The highest BCUT2D eigenvalue weighted by Gasteiger charge is 2.13. The van der Waals surface area contributed by atoms with Gasteiger partial charge in [-0.3, -0.25) is 9.79 Å². The molecule has 0 saturated heterocycles. The largest absolute Gasteiger partial charge is 0.466 e. The molecule has 0 aliphatic rings. The van der Waals surface area contributed by atoms with Crippen molar-refractivity contribution in [3.05, 3.63) is 17.8 Å². The minimum absolute atomic E-state index is 0.144. The van der Waals surface area contributed by atoms with Crippen molar-refractivity contribution in [1.82, 2.24) is 4.98 Å². The summed E-state index contributed by atoms with van der Waals surface area (Å²) in [6.45, 7) is 5.59. The topological polar surface area (TPSA) is 66.8 Å². The van der Waals surface area contributed by atoms with Crippen LogP contribution in [0.2, 0.25) is 0 Å². The summed E-state index contributed by atoms with van der Waals surface area (Å²) < 4.78 is 4.87. The number of esters is 1. The number of nitrogens with zero attached hydrogens (tertiary/aromatic N) is 2. The predicted octanol–water partition coefficient (Wildman–Crippen LogP) is 1.72. The van der Waals surface area contributed by atoms with E-state index in [9.17, 15) is 4.79 Å². The standard InChI is InChI=1S/C11H15N3O2/c1-4-16-10(15)7-9(12-2)8-5-6-14-11(8)13-3/h5-6,14H,3-4,7H2,1-2H3/b12-9-. The minimum atomic E-state index is -0.292. The number of H-pyrrole nitrogens is 1. The number of ether oxygens (including phenoxy) is 1. The molecule has 0 spiro atoms. The zero-order chi connectivity index (χ0) is 12.0. The van der Waals surface area contributed by atoms with Crippen molar-refractivity contribution in [3.63, 3.8) is 0 Å². The molecule has 5 nitrogen and oxygen atoms in total. The van der Waals surface area contributed by atoms with E-state index in [4.69, 9.17) is 4.74 Å². The summed E-state index contributed by atoms with van der Waals surface area (Å²) in [5.74, 6) is 0.323. The van der Waals surface area contributed by atoms with Gasteiger partial charge >= 0.3 is 5.97 Å². The number of aromatic amines is 1. The highest BCUT2D eigenvalue weighted by atomic mass is 16.5. The molecule has 0 amide bonds. The van der Waals surface area contributed by atoms with Crippen LogP contribution in [0.1, 0.15) is 18.9 Å². The summed E-state index contributed by atoms with van der Waals surface area (Å²) in [5.41, 5.74) is 1.42. The highest BCUT2D eigenvalue weighted by Crippen LogP contribution is 2.18. The van der Waals surface area contributed by atoms with E-state index in [1.54, 1.807) is 20.2 Å². The number of hydrogen-bond acceptors (Lipinski definition) is 4. The smallest absolute Gasteiger partial charge is 0.311 e. The van der Waals surface area contributed by atoms with Crippen LogP contribution in [-0.2, 0) is 9.53 Å². The molecule has 0 aromatic carbocycles. The molecule has 1 N–H and O–H groups in total. The van der Waals surface area contributed by atoms with Crippen LogP contribution in [-0.4, -0.2) is 37.0 Å². The minimum Gasteiger partial charge on any atom is -0.466 e. The average Bonchev–Trinajstić information content (AvgIpc) is 2.74. The molecule has 1 aromatic heterocycles. The first-order valence-corrected chi connectivity index (χ1v) is 4.98. The number of aromatic nitrogens is 1. The van der Waals surface area contributed by atoms with Crippen molar-refractivity contribution >= 4 is 24.2 Å². The number of hydrogen-bond donors (Lipinski definition) is 1. The van der Waals surface area contributed by atoms with Gasteiger partial charge in [0.25, 0.3) is 0 Å². The van der Waals surface area contributed by atoms with Crippen molar-refractivity contribution in [2.24, 2.45) is 9.98 Å². The Hall–Kier alpha value is -1.91. The van der Waals surface area contributed by atoms with Gasteiger partial charge in [0.05, 0.1) is 18.7 Å². The van der Waals surface area contributed by atoms with Gasteiger partial charge in [-0.15, -0.1) is 0 Å². The maximum absolute atomic E-state index is 11.3. The van der Waals surface area contributed by atoms with Crippen LogP contribution in [0.25, 0.3) is 0 Å². The molecule has 0 aliphatic heterocycles. The van der Waals surface area contributed by atoms with Crippen molar-refractivity contribution in [2.75, 3.05) is 13.7 Å². The summed E-state index contributed by atoms with van der Waals surface area (Å²) in [7, 11) is 1.63. The van der Waals surface area contributed by atoms with Crippen LogP contribution in [0.3, 0.4) is 0 Å². The maximum Gasteiger partial charge on any atom is 0.311 e. The van der Waals surface area contributed by atoms with Gasteiger partial charge in [0.15, 0.2) is 0 Å². The monoisotopic (exact) mass is 221 g/mol. The van der Waals surface area contributed by atoms with Gasteiger partial charge in [-0.1, -0.05) is 0 Å². The summed E-state index contributed by atoms with van der Waals surface area (Å²) in [5, 5.41) is 0. The van der Waals surface area contributed by atoms with Gasteiger partial charge in [0, 0.05) is 18.8 Å². The Kier molecular flexibility index (Phi) is 4.44. The lowest BCUT2D eigenvalue weighted by molar-refractivity contribution is -0.141. The van der Waals surface area contributed by atoms with E-state index in [1.165, 1.54) is 0 Å². The van der Waals surface area contributed by atoms with Crippen LogP contribution in [0.5, 0.6) is 0 Å². The van der Waals surface area contributed by atoms with Crippen LogP contribution < -0.4 is 0 Å². The lowest BCUT2D eigenvalue weighted by atomic mass is 10.1. The second-order valence-corrected chi connectivity index (χ2v) is 3.05. The fraction of sp³-hybridized carbons (Fsp3) is 0.364. The van der Waals surface area contributed by atoms with Crippen LogP contribution in [0.15, 0.2) is 22.2 Å². The molecular formula is C11H15N3O2. The average molecular weight is 221 g/mol. The molecule has 0 aliphatic carbocycles. The van der Waals surface area contributed by atoms with Gasteiger partial charge in [-0.25, -0.2) is 4.99 Å². The summed E-state index contributed by atoms with van der Waals surface area (Å²) in [6.07, 6.45) is 1.88. The molecule has 0 unspecified atom stereocenters. The fourth-order valence-corrected chi connectivity index (χ4v) is 1.37. The molecule has 1 aromatic rings. The second-order valence-electron chi connectivity index (χ2n) is 3.05. The molecule has 0 radical (unpaired) electrons. The summed E-state index contributed by atoms with van der Waals surface area (Å²) >= 11 is 0.